The van der Waals surface area contributed by atoms with Crippen molar-refractivity contribution in [3.05, 3.63) is 35.2 Å². The summed E-state index contributed by atoms with van der Waals surface area (Å²) in [4.78, 5) is 15.3. The molecule has 1 aromatic heterocycles. The SMILES string of the molecule is CC(=O)NCC=C1CCc2ccc3nc(C)oc3c21. The van der Waals surface area contributed by atoms with Crippen LogP contribution in [-0.2, 0) is 11.2 Å². The van der Waals surface area contributed by atoms with E-state index < -0.39 is 0 Å². The highest BCUT2D eigenvalue weighted by molar-refractivity contribution is 5.91. The van der Waals surface area contributed by atoms with Crippen LogP contribution in [0.2, 0.25) is 0 Å². The number of hydrogen-bond acceptors (Lipinski definition) is 3. The molecule has 19 heavy (non-hydrogen) atoms. The van der Waals surface area contributed by atoms with Gasteiger partial charge in [-0.25, -0.2) is 4.98 Å². The number of allylic oxidation sites excluding steroid dienone is 1. The second kappa shape index (κ2) is 4.53. The molecule has 4 heteroatoms. The first-order valence-electron chi connectivity index (χ1n) is 6.48. The summed E-state index contributed by atoms with van der Waals surface area (Å²) in [6.45, 7) is 3.95. The number of carbonyl (C=O) groups is 1. The molecular weight excluding hydrogens is 240 g/mol. The third-order valence-corrected chi connectivity index (χ3v) is 3.44. The van der Waals surface area contributed by atoms with E-state index in [-0.39, 0.29) is 5.91 Å². The lowest BCUT2D eigenvalue weighted by Crippen LogP contribution is -2.19. The number of fused-ring (bicyclic) bond motifs is 3. The minimum absolute atomic E-state index is 0.0104. The first kappa shape index (κ1) is 12.0. The van der Waals surface area contributed by atoms with E-state index in [0.29, 0.717) is 12.4 Å². The van der Waals surface area contributed by atoms with Crippen molar-refractivity contribution in [2.75, 3.05) is 6.54 Å². The second-order valence-corrected chi connectivity index (χ2v) is 4.85. The first-order valence-corrected chi connectivity index (χ1v) is 6.48. The molecule has 0 saturated heterocycles. The zero-order valence-electron chi connectivity index (χ0n) is 11.1. The van der Waals surface area contributed by atoms with E-state index >= 15 is 0 Å². The molecular formula is C15H16N2O2. The summed E-state index contributed by atoms with van der Waals surface area (Å²) in [5.41, 5.74) is 5.50. The number of hydrogen-bond donors (Lipinski definition) is 1. The molecule has 2 aromatic rings. The Balaban J connectivity index is 2.02. The molecule has 1 amide bonds. The molecule has 1 aliphatic rings. The van der Waals surface area contributed by atoms with Gasteiger partial charge in [-0.3, -0.25) is 4.79 Å². The van der Waals surface area contributed by atoms with Crippen molar-refractivity contribution in [3.63, 3.8) is 0 Å². The van der Waals surface area contributed by atoms with Crippen molar-refractivity contribution in [2.24, 2.45) is 0 Å². The highest BCUT2D eigenvalue weighted by Gasteiger charge is 2.21. The molecule has 0 radical (unpaired) electrons. The molecule has 0 saturated carbocycles. The number of benzene rings is 1. The number of nitrogens with zero attached hydrogens (tertiary/aromatic N) is 1. The van der Waals surface area contributed by atoms with Gasteiger partial charge in [-0.2, -0.15) is 0 Å². The molecule has 4 nitrogen and oxygen atoms in total. The van der Waals surface area contributed by atoms with Crippen molar-refractivity contribution >= 4 is 22.6 Å². The lowest BCUT2D eigenvalue weighted by atomic mass is 10.1. The van der Waals surface area contributed by atoms with Gasteiger partial charge in [0.05, 0.1) is 0 Å². The van der Waals surface area contributed by atoms with Gasteiger partial charge in [0, 0.05) is 26.0 Å². The average Bonchev–Trinajstić information content (AvgIpc) is 2.90. The third-order valence-electron chi connectivity index (χ3n) is 3.44. The number of rotatable bonds is 2. The highest BCUT2D eigenvalue weighted by Crippen LogP contribution is 2.37. The van der Waals surface area contributed by atoms with E-state index in [1.165, 1.54) is 23.6 Å². The van der Waals surface area contributed by atoms with Gasteiger partial charge in [-0.05, 0) is 30.0 Å². The Morgan fingerprint density at radius 3 is 3.11 bits per heavy atom. The Morgan fingerprint density at radius 2 is 2.32 bits per heavy atom. The van der Waals surface area contributed by atoms with Crippen LogP contribution in [0, 0.1) is 6.92 Å². The van der Waals surface area contributed by atoms with Crippen LogP contribution in [0.1, 0.15) is 30.4 Å². The number of nitrogens with one attached hydrogen (secondary N) is 1. The van der Waals surface area contributed by atoms with Gasteiger partial charge in [-0.15, -0.1) is 0 Å². The average molecular weight is 256 g/mol. The largest absolute Gasteiger partial charge is 0.440 e. The zero-order chi connectivity index (χ0) is 13.4. The van der Waals surface area contributed by atoms with Gasteiger partial charge >= 0.3 is 0 Å². The van der Waals surface area contributed by atoms with E-state index in [1.54, 1.807) is 0 Å². The molecule has 0 bridgehead atoms. The molecule has 1 aromatic carbocycles. The first-order chi connectivity index (χ1) is 9.15. The van der Waals surface area contributed by atoms with Crippen LogP contribution in [0.4, 0.5) is 0 Å². The Labute approximate surface area is 111 Å². The third kappa shape index (κ3) is 2.14. The summed E-state index contributed by atoms with van der Waals surface area (Å²) in [5.74, 6) is 0.681. The van der Waals surface area contributed by atoms with Crippen LogP contribution < -0.4 is 5.32 Å². The number of carbonyl (C=O) groups excluding carboxylic acids is 1. The number of oxazole rings is 1. The standard InChI is InChI=1S/C15H16N2O2/c1-9(18)16-8-7-12-4-3-11-5-6-13-15(14(11)12)19-10(2)17-13/h5-7H,3-4,8H2,1-2H3,(H,16,18). The monoisotopic (exact) mass is 256 g/mol. The molecule has 0 spiro atoms. The second-order valence-electron chi connectivity index (χ2n) is 4.85. The maximum Gasteiger partial charge on any atom is 0.217 e. The summed E-state index contributed by atoms with van der Waals surface area (Å²) >= 11 is 0. The summed E-state index contributed by atoms with van der Waals surface area (Å²) in [6, 6.07) is 4.14. The van der Waals surface area contributed by atoms with Crippen LogP contribution in [0.25, 0.3) is 16.7 Å². The van der Waals surface area contributed by atoms with Crippen molar-refractivity contribution < 1.29 is 9.21 Å². The highest BCUT2D eigenvalue weighted by atomic mass is 16.3. The Morgan fingerprint density at radius 1 is 1.47 bits per heavy atom. The van der Waals surface area contributed by atoms with Crippen LogP contribution >= 0.6 is 0 Å². The molecule has 98 valence electrons. The lowest BCUT2D eigenvalue weighted by Gasteiger charge is -2.02. The van der Waals surface area contributed by atoms with Gasteiger partial charge in [0.1, 0.15) is 5.52 Å². The number of aromatic nitrogens is 1. The van der Waals surface area contributed by atoms with Crippen molar-refractivity contribution in [1.29, 1.82) is 0 Å². The van der Waals surface area contributed by atoms with Crippen LogP contribution in [-0.4, -0.2) is 17.4 Å². The Kier molecular flexibility index (Phi) is 2.85. The smallest absolute Gasteiger partial charge is 0.217 e. The number of amides is 1. The van der Waals surface area contributed by atoms with Crippen molar-refractivity contribution in [2.45, 2.75) is 26.7 Å². The quantitative estimate of drug-likeness (QED) is 0.898. The van der Waals surface area contributed by atoms with E-state index in [4.69, 9.17) is 4.42 Å². The van der Waals surface area contributed by atoms with Gasteiger partial charge in [0.2, 0.25) is 5.91 Å². The van der Waals surface area contributed by atoms with Crippen LogP contribution in [0.5, 0.6) is 0 Å². The molecule has 0 aliphatic heterocycles. The summed E-state index contributed by atoms with van der Waals surface area (Å²) in [7, 11) is 0. The van der Waals surface area contributed by atoms with Gasteiger partial charge in [-0.1, -0.05) is 12.1 Å². The van der Waals surface area contributed by atoms with Gasteiger partial charge in [0.15, 0.2) is 11.5 Å². The van der Waals surface area contributed by atoms with E-state index in [1.807, 2.05) is 13.0 Å². The van der Waals surface area contributed by atoms with E-state index in [2.05, 4.69) is 22.4 Å². The normalized spacial score (nSPS) is 16.0. The van der Waals surface area contributed by atoms with E-state index in [0.717, 1.165) is 23.9 Å². The molecule has 0 unspecified atom stereocenters. The minimum atomic E-state index is -0.0104. The Hall–Kier alpha value is -2.10. The lowest BCUT2D eigenvalue weighted by molar-refractivity contribution is -0.118. The summed E-state index contributed by atoms with van der Waals surface area (Å²) in [6.07, 6.45) is 4.09. The predicted octanol–water partition coefficient (Wildman–Crippen LogP) is 2.60. The molecule has 1 N–H and O–H groups in total. The summed E-state index contributed by atoms with van der Waals surface area (Å²) < 4.78 is 5.73. The minimum Gasteiger partial charge on any atom is -0.440 e. The maximum absolute atomic E-state index is 10.9. The Bertz CT molecular complexity index is 683. The molecule has 0 fully saturated rings. The number of aryl methyl sites for hydroxylation is 2. The van der Waals surface area contributed by atoms with Crippen molar-refractivity contribution in [3.8, 4) is 0 Å². The fraction of sp³-hybridized carbons (Fsp3) is 0.333. The predicted molar refractivity (Wildman–Crippen MR) is 73.7 cm³/mol. The van der Waals surface area contributed by atoms with Crippen LogP contribution in [0.3, 0.4) is 0 Å². The maximum atomic E-state index is 10.9. The van der Waals surface area contributed by atoms with Gasteiger partial charge < -0.3 is 9.73 Å². The molecule has 1 aliphatic carbocycles. The van der Waals surface area contributed by atoms with Crippen LogP contribution in [0.15, 0.2) is 22.6 Å². The fourth-order valence-corrected chi connectivity index (χ4v) is 2.62. The summed E-state index contributed by atoms with van der Waals surface area (Å²) in [5, 5.41) is 2.79. The van der Waals surface area contributed by atoms with Gasteiger partial charge in [0.25, 0.3) is 0 Å². The zero-order valence-corrected chi connectivity index (χ0v) is 11.1. The van der Waals surface area contributed by atoms with Crippen molar-refractivity contribution in [1.82, 2.24) is 10.3 Å². The molecule has 1 heterocycles. The molecule has 3 rings (SSSR count). The van der Waals surface area contributed by atoms with E-state index in [9.17, 15) is 4.79 Å². The topological polar surface area (TPSA) is 55.1 Å². The fourth-order valence-electron chi connectivity index (χ4n) is 2.62. The molecule has 0 atom stereocenters.